The van der Waals surface area contributed by atoms with E-state index in [-0.39, 0.29) is 2.85 Å². The molecule has 0 radical (unpaired) electrons. The zero-order valence-electron chi connectivity index (χ0n) is 3.44. The molecule has 0 bridgehead atoms. The normalized spacial score (nSPS) is 19.7. The third kappa shape index (κ3) is 0.429. The van der Waals surface area contributed by atoms with Crippen LogP contribution in [0.3, 0.4) is 0 Å². The van der Waals surface area contributed by atoms with Crippen molar-refractivity contribution >= 4 is 5.96 Å². The second-order valence-corrected chi connectivity index (χ2v) is 1.19. The summed E-state index contributed by atoms with van der Waals surface area (Å²) < 4.78 is 0. The molecule has 38 valence electrons. The maximum atomic E-state index is 5.17. The van der Waals surface area contributed by atoms with Gasteiger partial charge in [0, 0.05) is 9.40 Å². The quantitative estimate of drug-likeness (QED) is 0.416. The lowest BCUT2D eigenvalue weighted by Crippen LogP contribution is -2.26. The molecule has 0 fully saturated rings. The van der Waals surface area contributed by atoms with Crippen LogP contribution in [-0.2, 0) is 0 Å². The summed E-state index contributed by atoms with van der Waals surface area (Å²) in [6, 6.07) is 0. The highest BCUT2D eigenvalue weighted by Gasteiger charge is 1.94. The molecule has 0 aromatic carbocycles. The topological polar surface area (TPSA) is 50.4 Å². The maximum Gasteiger partial charge on any atom is 0.188 e. The Morgan fingerprint density at radius 3 is 3.00 bits per heavy atom. The van der Waals surface area contributed by atoms with Gasteiger partial charge in [-0.3, -0.25) is 4.99 Å². The highest BCUT2D eigenvalue weighted by atomic mass is 15.1. The number of aliphatic imine (C=N–C) groups is 1. The van der Waals surface area contributed by atoms with Gasteiger partial charge in [-0.15, -0.1) is 0 Å². The lowest BCUT2D eigenvalue weighted by atomic mass is 10.7. The molecule has 3 heteroatoms. The van der Waals surface area contributed by atoms with Crippen LogP contribution in [-0.4, -0.2) is 19.0 Å². The van der Waals surface area contributed by atoms with Gasteiger partial charge in [0.05, 0.1) is 6.54 Å². The standard InChI is InChI=1S/C3H7N3.2H2/c4-3-5-1-2-6-3;;/h1-2H2,(H3,4,5,6);2*1H. The largest absolute Gasteiger partial charge is 0.370 e. The van der Waals surface area contributed by atoms with Gasteiger partial charge < -0.3 is 11.1 Å². The van der Waals surface area contributed by atoms with Crippen molar-refractivity contribution in [3.8, 4) is 0 Å². The molecule has 1 heterocycles. The first-order chi connectivity index (χ1) is 2.89. The summed E-state index contributed by atoms with van der Waals surface area (Å²) in [6.45, 7) is 1.75. The Morgan fingerprint density at radius 2 is 2.83 bits per heavy atom. The Kier molecular flexibility index (Phi) is 0.670. The summed E-state index contributed by atoms with van der Waals surface area (Å²) in [5.41, 5.74) is 5.17. The van der Waals surface area contributed by atoms with Crippen LogP contribution in [0.5, 0.6) is 0 Å². The zero-order chi connectivity index (χ0) is 4.41. The molecular weight excluding hydrogens is 78.1 g/mol. The summed E-state index contributed by atoms with van der Waals surface area (Å²) in [5, 5.41) is 2.85. The van der Waals surface area contributed by atoms with Crippen LogP contribution in [0.25, 0.3) is 0 Å². The number of nitrogens with zero attached hydrogens (tertiary/aromatic N) is 1. The van der Waals surface area contributed by atoms with Gasteiger partial charge in [-0.1, -0.05) is 0 Å². The van der Waals surface area contributed by atoms with E-state index in [0.29, 0.717) is 5.96 Å². The number of guanidine groups is 1. The maximum absolute atomic E-state index is 5.17. The third-order valence-corrected chi connectivity index (χ3v) is 0.700. The van der Waals surface area contributed by atoms with E-state index in [2.05, 4.69) is 10.3 Å². The van der Waals surface area contributed by atoms with E-state index in [9.17, 15) is 0 Å². The highest BCUT2D eigenvalue weighted by Crippen LogP contribution is 1.74. The molecular formula is C3H11N3. The van der Waals surface area contributed by atoms with Crippen molar-refractivity contribution in [1.29, 1.82) is 0 Å². The highest BCUT2D eigenvalue weighted by molar-refractivity contribution is 5.79. The molecule has 0 atom stereocenters. The van der Waals surface area contributed by atoms with Crippen molar-refractivity contribution in [2.45, 2.75) is 0 Å². The average molecular weight is 89.1 g/mol. The SMILES string of the molecule is NC1=NCCN1.[HH].[HH]. The Morgan fingerprint density at radius 1 is 2.00 bits per heavy atom. The first-order valence-corrected chi connectivity index (χ1v) is 1.93. The molecule has 0 amide bonds. The summed E-state index contributed by atoms with van der Waals surface area (Å²) in [5.74, 6) is 0.579. The molecule has 3 nitrogen and oxygen atoms in total. The predicted molar refractivity (Wildman–Crippen MR) is 28.7 cm³/mol. The molecule has 0 aromatic rings. The van der Waals surface area contributed by atoms with Gasteiger partial charge in [-0.05, 0) is 0 Å². The molecule has 3 N–H and O–H groups in total. The number of rotatable bonds is 0. The lowest BCUT2D eigenvalue weighted by Gasteiger charge is -1.85. The van der Waals surface area contributed by atoms with Crippen molar-refractivity contribution in [1.82, 2.24) is 5.32 Å². The van der Waals surface area contributed by atoms with Gasteiger partial charge >= 0.3 is 0 Å². The minimum Gasteiger partial charge on any atom is -0.370 e. The third-order valence-electron chi connectivity index (χ3n) is 0.700. The molecule has 0 aromatic heterocycles. The first-order valence-electron chi connectivity index (χ1n) is 1.93. The number of hydrogen-bond donors (Lipinski definition) is 2. The lowest BCUT2D eigenvalue weighted by molar-refractivity contribution is 0.957. The first kappa shape index (κ1) is 3.46. The number of hydrogen-bond acceptors (Lipinski definition) is 3. The Balaban J connectivity index is 0. The monoisotopic (exact) mass is 89.1 g/mol. The summed E-state index contributed by atoms with van der Waals surface area (Å²) in [6.07, 6.45) is 0. The number of nitrogens with one attached hydrogen (secondary N) is 1. The fraction of sp³-hybridized carbons (Fsp3) is 0.667. The molecule has 1 rings (SSSR count). The van der Waals surface area contributed by atoms with Crippen LogP contribution in [0.1, 0.15) is 2.85 Å². The molecule has 1 aliphatic heterocycles. The fourth-order valence-corrected chi connectivity index (χ4v) is 0.416. The van der Waals surface area contributed by atoms with Crippen LogP contribution in [0.4, 0.5) is 0 Å². The van der Waals surface area contributed by atoms with Gasteiger partial charge in [0.15, 0.2) is 5.96 Å². The molecule has 6 heavy (non-hydrogen) atoms. The molecule has 0 aliphatic carbocycles. The van der Waals surface area contributed by atoms with E-state index < -0.39 is 0 Å². The van der Waals surface area contributed by atoms with Crippen molar-refractivity contribution in [3.05, 3.63) is 0 Å². The fourth-order valence-electron chi connectivity index (χ4n) is 0.416. The van der Waals surface area contributed by atoms with Crippen molar-refractivity contribution < 1.29 is 2.85 Å². The minimum absolute atomic E-state index is 0. The average Bonchev–Trinajstić information content (AvgIpc) is 1.86. The van der Waals surface area contributed by atoms with E-state index in [4.69, 9.17) is 5.73 Å². The van der Waals surface area contributed by atoms with Crippen LogP contribution in [0.15, 0.2) is 4.99 Å². The summed E-state index contributed by atoms with van der Waals surface area (Å²) in [4.78, 5) is 3.82. The van der Waals surface area contributed by atoms with Gasteiger partial charge in [-0.2, -0.15) is 0 Å². The van der Waals surface area contributed by atoms with Crippen molar-refractivity contribution in [2.75, 3.05) is 13.1 Å². The predicted octanol–water partition coefficient (Wildman–Crippen LogP) is -0.604. The smallest absolute Gasteiger partial charge is 0.188 e. The van der Waals surface area contributed by atoms with Crippen LogP contribution >= 0.6 is 0 Å². The summed E-state index contributed by atoms with van der Waals surface area (Å²) >= 11 is 0. The molecule has 0 spiro atoms. The van der Waals surface area contributed by atoms with Gasteiger partial charge in [0.1, 0.15) is 0 Å². The van der Waals surface area contributed by atoms with E-state index in [0.717, 1.165) is 13.1 Å². The Bertz CT molecular complexity index is 82.6. The Hall–Kier alpha value is -0.730. The number of nitrogens with two attached hydrogens (primary N) is 1. The molecule has 0 saturated carbocycles. The molecule has 0 unspecified atom stereocenters. The van der Waals surface area contributed by atoms with E-state index in [1.807, 2.05) is 0 Å². The Labute approximate surface area is 39.2 Å². The molecule has 0 saturated heterocycles. The van der Waals surface area contributed by atoms with Gasteiger partial charge in [-0.25, -0.2) is 0 Å². The molecule has 1 aliphatic rings. The summed E-state index contributed by atoms with van der Waals surface area (Å²) in [7, 11) is 0. The minimum atomic E-state index is 0. The van der Waals surface area contributed by atoms with Gasteiger partial charge in [0.2, 0.25) is 0 Å². The van der Waals surface area contributed by atoms with Crippen LogP contribution in [0, 0.1) is 0 Å². The zero-order valence-corrected chi connectivity index (χ0v) is 3.44. The van der Waals surface area contributed by atoms with Crippen molar-refractivity contribution in [2.24, 2.45) is 10.7 Å². The van der Waals surface area contributed by atoms with Crippen molar-refractivity contribution in [3.63, 3.8) is 0 Å². The van der Waals surface area contributed by atoms with Gasteiger partial charge in [0.25, 0.3) is 0 Å². The van der Waals surface area contributed by atoms with E-state index >= 15 is 0 Å². The van der Waals surface area contributed by atoms with Crippen LogP contribution < -0.4 is 11.1 Å². The second kappa shape index (κ2) is 1.16. The van der Waals surface area contributed by atoms with E-state index in [1.165, 1.54) is 0 Å². The van der Waals surface area contributed by atoms with Crippen LogP contribution in [0.2, 0.25) is 0 Å². The van der Waals surface area contributed by atoms with E-state index in [1.54, 1.807) is 0 Å². The second-order valence-electron chi connectivity index (χ2n) is 1.19.